The van der Waals surface area contributed by atoms with E-state index in [2.05, 4.69) is 19.7 Å². The van der Waals surface area contributed by atoms with Crippen LogP contribution in [0.4, 0.5) is 18.9 Å². The maximum Gasteiger partial charge on any atom is 0.444 e. The quantitative estimate of drug-likeness (QED) is 0.744. The second-order valence-corrected chi connectivity index (χ2v) is 2.69. The van der Waals surface area contributed by atoms with Gasteiger partial charge in [-0.2, -0.15) is 13.2 Å². The monoisotopic (exact) mass is 239 g/mol. The Kier molecular flexibility index (Phi) is 3.46. The van der Waals surface area contributed by atoms with Gasteiger partial charge in [0, 0.05) is 0 Å². The Labute approximate surface area is 87.8 Å². The van der Waals surface area contributed by atoms with E-state index >= 15 is 0 Å². The summed E-state index contributed by atoms with van der Waals surface area (Å²) in [5.41, 5.74) is -0.0990. The van der Waals surface area contributed by atoms with Crippen LogP contribution in [0.1, 0.15) is 0 Å². The molecule has 0 aliphatic rings. The second kappa shape index (κ2) is 4.43. The van der Waals surface area contributed by atoms with Crippen LogP contribution in [0.3, 0.4) is 0 Å². The molecule has 0 aliphatic carbocycles. The Morgan fingerprint density at radius 2 is 1.93 bits per heavy atom. The first kappa shape index (κ1) is 11.7. The van der Waals surface area contributed by atoms with Gasteiger partial charge in [0.25, 0.3) is 0 Å². The smallest absolute Gasteiger partial charge is 0.444 e. The highest BCUT2D eigenvalue weighted by molar-refractivity contribution is 6.67. The first-order valence-corrected chi connectivity index (χ1v) is 3.98. The SMILES string of the molecule is COc1ncc(N=C(Cl)C(F)(F)F)cn1. The molecule has 4 nitrogen and oxygen atoms in total. The van der Waals surface area contributed by atoms with Crippen molar-refractivity contribution in [3.63, 3.8) is 0 Å². The number of ether oxygens (including phenoxy) is 1. The third kappa shape index (κ3) is 3.35. The van der Waals surface area contributed by atoms with Crippen molar-refractivity contribution in [2.24, 2.45) is 4.99 Å². The standard InChI is InChI=1S/C7H5ClF3N3O/c1-15-6-12-2-4(3-13-6)14-5(8)7(9,10)11/h2-3H,1H3. The van der Waals surface area contributed by atoms with Gasteiger partial charge in [-0.3, -0.25) is 0 Å². The van der Waals surface area contributed by atoms with Gasteiger partial charge in [0.2, 0.25) is 5.17 Å². The average molecular weight is 240 g/mol. The molecule has 0 fully saturated rings. The topological polar surface area (TPSA) is 47.4 Å². The normalized spacial score (nSPS) is 12.7. The first-order valence-electron chi connectivity index (χ1n) is 3.61. The van der Waals surface area contributed by atoms with Crippen LogP contribution < -0.4 is 4.74 Å². The molecule has 0 radical (unpaired) electrons. The van der Waals surface area contributed by atoms with Gasteiger partial charge in [-0.1, -0.05) is 11.6 Å². The highest BCUT2D eigenvalue weighted by Crippen LogP contribution is 2.23. The van der Waals surface area contributed by atoms with E-state index in [-0.39, 0.29) is 11.7 Å². The summed E-state index contributed by atoms with van der Waals surface area (Å²) in [6, 6.07) is 0.0390. The summed E-state index contributed by atoms with van der Waals surface area (Å²) in [5, 5.41) is -1.48. The van der Waals surface area contributed by atoms with Crippen molar-refractivity contribution >= 4 is 22.5 Å². The Morgan fingerprint density at radius 1 is 1.40 bits per heavy atom. The van der Waals surface area contributed by atoms with Gasteiger partial charge in [-0.15, -0.1) is 0 Å². The molecule has 0 bridgehead atoms. The number of aliphatic imine (C=N–C) groups is 1. The number of methoxy groups -OCH3 is 1. The highest BCUT2D eigenvalue weighted by Gasteiger charge is 2.34. The van der Waals surface area contributed by atoms with Crippen molar-refractivity contribution in [3.8, 4) is 6.01 Å². The Hall–Kier alpha value is -1.37. The van der Waals surface area contributed by atoms with E-state index in [0.29, 0.717) is 0 Å². The minimum atomic E-state index is -4.67. The molecule has 0 amide bonds. The number of aromatic nitrogens is 2. The van der Waals surface area contributed by atoms with Crippen LogP contribution in [0.5, 0.6) is 6.01 Å². The number of rotatable bonds is 2. The van der Waals surface area contributed by atoms with Gasteiger partial charge >= 0.3 is 12.2 Å². The van der Waals surface area contributed by atoms with E-state index in [1.165, 1.54) is 7.11 Å². The van der Waals surface area contributed by atoms with Crippen molar-refractivity contribution in [2.45, 2.75) is 6.18 Å². The lowest BCUT2D eigenvalue weighted by atomic mass is 10.5. The molecule has 1 rings (SSSR count). The van der Waals surface area contributed by atoms with Crippen molar-refractivity contribution < 1.29 is 17.9 Å². The van der Waals surface area contributed by atoms with Gasteiger partial charge in [0.1, 0.15) is 5.69 Å². The Morgan fingerprint density at radius 3 is 2.33 bits per heavy atom. The molecule has 82 valence electrons. The van der Waals surface area contributed by atoms with Crippen molar-refractivity contribution in [3.05, 3.63) is 12.4 Å². The van der Waals surface area contributed by atoms with Crippen LogP contribution in [0.25, 0.3) is 0 Å². The maximum atomic E-state index is 12.0. The fourth-order valence-electron chi connectivity index (χ4n) is 0.649. The minimum absolute atomic E-state index is 0.0390. The Bertz CT molecular complexity index is 363. The fourth-order valence-corrected chi connectivity index (χ4v) is 0.747. The first-order chi connectivity index (χ1) is 6.93. The molecular weight excluding hydrogens is 235 g/mol. The molecule has 0 spiro atoms. The fraction of sp³-hybridized carbons (Fsp3) is 0.286. The number of nitrogens with zero attached hydrogens (tertiary/aromatic N) is 3. The summed E-state index contributed by atoms with van der Waals surface area (Å²) in [4.78, 5) is 10.2. The lowest BCUT2D eigenvalue weighted by Crippen LogP contribution is -2.16. The summed E-state index contributed by atoms with van der Waals surface area (Å²) in [7, 11) is 1.33. The lowest BCUT2D eigenvalue weighted by molar-refractivity contribution is -0.0558. The van der Waals surface area contributed by atoms with Crippen LogP contribution >= 0.6 is 11.6 Å². The van der Waals surface area contributed by atoms with Gasteiger partial charge in [0.15, 0.2) is 0 Å². The number of hydrogen-bond acceptors (Lipinski definition) is 4. The van der Waals surface area contributed by atoms with Crippen LogP contribution in [-0.2, 0) is 0 Å². The number of alkyl halides is 3. The largest absolute Gasteiger partial charge is 0.467 e. The van der Waals surface area contributed by atoms with E-state index in [4.69, 9.17) is 11.6 Å². The highest BCUT2D eigenvalue weighted by atomic mass is 35.5. The average Bonchev–Trinajstić information content (AvgIpc) is 2.17. The molecule has 8 heteroatoms. The second-order valence-electron chi connectivity index (χ2n) is 2.33. The summed E-state index contributed by atoms with van der Waals surface area (Å²) in [6.45, 7) is 0. The molecule has 0 atom stereocenters. The predicted octanol–water partition coefficient (Wildman–Crippen LogP) is 2.32. The van der Waals surface area contributed by atoms with Crippen LogP contribution in [0.15, 0.2) is 17.4 Å². The van der Waals surface area contributed by atoms with E-state index < -0.39 is 11.3 Å². The molecule has 1 aromatic heterocycles. The molecule has 1 aromatic rings. The van der Waals surface area contributed by atoms with Crippen molar-refractivity contribution in [1.82, 2.24) is 9.97 Å². The Balaban J connectivity index is 2.89. The van der Waals surface area contributed by atoms with E-state index in [1.54, 1.807) is 0 Å². The molecule has 0 aliphatic heterocycles. The number of halogens is 4. The number of hydrogen-bond donors (Lipinski definition) is 0. The van der Waals surface area contributed by atoms with Crippen molar-refractivity contribution in [1.29, 1.82) is 0 Å². The lowest BCUT2D eigenvalue weighted by Gasteiger charge is -2.02. The van der Waals surface area contributed by atoms with E-state index in [1.807, 2.05) is 0 Å². The molecule has 1 heterocycles. The molecule has 0 unspecified atom stereocenters. The third-order valence-electron chi connectivity index (χ3n) is 1.26. The molecular formula is C7H5ClF3N3O. The molecule has 0 N–H and O–H groups in total. The molecule has 0 aromatic carbocycles. The van der Waals surface area contributed by atoms with E-state index in [0.717, 1.165) is 12.4 Å². The summed E-state index contributed by atoms with van der Waals surface area (Å²) >= 11 is 4.90. The zero-order chi connectivity index (χ0) is 11.5. The predicted molar refractivity (Wildman–Crippen MR) is 47.6 cm³/mol. The van der Waals surface area contributed by atoms with Crippen LogP contribution in [0, 0.1) is 0 Å². The zero-order valence-electron chi connectivity index (χ0n) is 7.42. The minimum Gasteiger partial charge on any atom is -0.467 e. The van der Waals surface area contributed by atoms with Gasteiger partial charge in [0.05, 0.1) is 19.5 Å². The van der Waals surface area contributed by atoms with Crippen LogP contribution in [0.2, 0.25) is 0 Å². The molecule has 15 heavy (non-hydrogen) atoms. The van der Waals surface area contributed by atoms with E-state index in [9.17, 15) is 13.2 Å². The molecule has 0 saturated carbocycles. The summed E-state index contributed by atoms with van der Waals surface area (Å²) < 4.78 is 40.5. The summed E-state index contributed by atoms with van der Waals surface area (Å²) in [6.07, 6.45) is -2.53. The van der Waals surface area contributed by atoms with Crippen molar-refractivity contribution in [2.75, 3.05) is 7.11 Å². The molecule has 0 saturated heterocycles. The van der Waals surface area contributed by atoms with Crippen LogP contribution in [-0.4, -0.2) is 28.4 Å². The van der Waals surface area contributed by atoms with Gasteiger partial charge < -0.3 is 4.74 Å². The van der Waals surface area contributed by atoms with Gasteiger partial charge in [-0.05, 0) is 0 Å². The van der Waals surface area contributed by atoms with Gasteiger partial charge in [-0.25, -0.2) is 15.0 Å². The maximum absolute atomic E-state index is 12.0. The summed E-state index contributed by atoms with van der Waals surface area (Å²) in [5.74, 6) is 0. The zero-order valence-corrected chi connectivity index (χ0v) is 8.17. The third-order valence-corrected chi connectivity index (χ3v) is 1.56.